The highest BCUT2D eigenvalue weighted by Gasteiger charge is 2.19. The highest BCUT2D eigenvalue weighted by Crippen LogP contribution is 2.41. The standard InChI is InChI=1S/C18H21N3OS/c1-4-21(9-10-22)17-16-15(14-7-5-12(2)6-8-14)13(3)23-18(16)20-11-19-17/h5-8,11,22H,4,9-10H2,1-3H3. The number of aryl methyl sites for hydroxylation is 2. The van der Waals surface area contributed by atoms with E-state index in [-0.39, 0.29) is 6.61 Å². The van der Waals surface area contributed by atoms with Crippen LogP contribution in [0.25, 0.3) is 21.3 Å². The number of nitrogens with zero attached hydrogens (tertiary/aromatic N) is 3. The predicted molar refractivity (Wildman–Crippen MR) is 97.3 cm³/mol. The summed E-state index contributed by atoms with van der Waals surface area (Å²) in [4.78, 5) is 13.3. The zero-order chi connectivity index (χ0) is 16.4. The maximum atomic E-state index is 9.34. The first kappa shape index (κ1) is 15.9. The van der Waals surface area contributed by atoms with Crippen LogP contribution in [0.5, 0.6) is 0 Å². The highest BCUT2D eigenvalue weighted by molar-refractivity contribution is 7.19. The summed E-state index contributed by atoms with van der Waals surface area (Å²) in [5, 5.41) is 10.4. The average Bonchev–Trinajstić information content (AvgIpc) is 2.89. The molecular formula is C18H21N3OS. The Balaban J connectivity index is 2.25. The van der Waals surface area contributed by atoms with Crippen LogP contribution in [0.15, 0.2) is 30.6 Å². The minimum atomic E-state index is 0.113. The van der Waals surface area contributed by atoms with Gasteiger partial charge >= 0.3 is 0 Å². The largest absolute Gasteiger partial charge is 0.395 e. The van der Waals surface area contributed by atoms with Gasteiger partial charge in [0.05, 0.1) is 12.0 Å². The number of likely N-dealkylation sites (N-methyl/N-ethyl adjacent to an activating group) is 1. The molecular weight excluding hydrogens is 306 g/mol. The molecule has 0 radical (unpaired) electrons. The van der Waals surface area contributed by atoms with E-state index in [1.807, 2.05) is 0 Å². The SMILES string of the molecule is CCN(CCO)c1ncnc2sc(C)c(-c3ccc(C)cc3)c12. The molecule has 0 amide bonds. The molecule has 0 saturated carbocycles. The first-order valence-corrected chi connectivity index (χ1v) is 8.64. The van der Waals surface area contributed by atoms with E-state index in [2.05, 4.69) is 59.9 Å². The highest BCUT2D eigenvalue weighted by atomic mass is 32.1. The fourth-order valence-corrected chi connectivity index (χ4v) is 3.88. The van der Waals surface area contributed by atoms with Gasteiger partial charge in [-0.25, -0.2) is 9.97 Å². The van der Waals surface area contributed by atoms with E-state index in [1.54, 1.807) is 17.7 Å². The Morgan fingerprint density at radius 2 is 1.87 bits per heavy atom. The van der Waals surface area contributed by atoms with Crippen LogP contribution in [-0.2, 0) is 0 Å². The summed E-state index contributed by atoms with van der Waals surface area (Å²) < 4.78 is 0. The summed E-state index contributed by atoms with van der Waals surface area (Å²) >= 11 is 1.70. The third kappa shape index (κ3) is 2.94. The summed E-state index contributed by atoms with van der Waals surface area (Å²) in [6.07, 6.45) is 1.62. The molecule has 0 aliphatic carbocycles. The Morgan fingerprint density at radius 3 is 2.52 bits per heavy atom. The first-order valence-electron chi connectivity index (χ1n) is 7.82. The topological polar surface area (TPSA) is 49.2 Å². The lowest BCUT2D eigenvalue weighted by atomic mass is 10.0. The fourth-order valence-electron chi connectivity index (χ4n) is 2.87. The third-order valence-corrected chi connectivity index (χ3v) is 5.05. The van der Waals surface area contributed by atoms with Crippen molar-refractivity contribution >= 4 is 27.4 Å². The van der Waals surface area contributed by atoms with E-state index < -0.39 is 0 Å². The van der Waals surface area contributed by atoms with Crippen molar-refractivity contribution in [2.24, 2.45) is 0 Å². The zero-order valence-electron chi connectivity index (χ0n) is 13.7. The molecule has 23 heavy (non-hydrogen) atoms. The van der Waals surface area contributed by atoms with Gasteiger partial charge in [0.1, 0.15) is 17.0 Å². The summed E-state index contributed by atoms with van der Waals surface area (Å²) in [6.45, 7) is 7.79. The summed E-state index contributed by atoms with van der Waals surface area (Å²) in [5.74, 6) is 0.909. The minimum Gasteiger partial charge on any atom is -0.395 e. The molecule has 2 aromatic heterocycles. The molecule has 2 heterocycles. The van der Waals surface area contributed by atoms with Crippen molar-refractivity contribution in [1.29, 1.82) is 0 Å². The van der Waals surface area contributed by atoms with Crippen molar-refractivity contribution < 1.29 is 5.11 Å². The Bertz CT molecular complexity index is 811. The van der Waals surface area contributed by atoms with Crippen LogP contribution in [0.1, 0.15) is 17.4 Å². The number of aromatic nitrogens is 2. The van der Waals surface area contributed by atoms with E-state index in [4.69, 9.17) is 0 Å². The average molecular weight is 327 g/mol. The van der Waals surface area contributed by atoms with Crippen LogP contribution in [0.4, 0.5) is 5.82 Å². The third-order valence-electron chi connectivity index (χ3n) is 4.04. The molecule has 0 fully saturated rings. The van der Waals surface area contributed by atoms with Crippen molar-refractivity contribution in [3.8, 4) is 11.1 Å². The number of fused-ring (bicyclic) bond motifs is 1. The van der Waals surface area contributed by atoms with Gasteiger partial charge in [-0.2, -0.15) is 0 Å². The minimum absolute atomic E-state index is 0.113. The number of hydrogen-bond donors (Lipinski definition) is 1. The lowest BCUT2D eigenvalue weighted by molar-refractivity contribution is 0.302. The monoisotopic (exact) mass is 327 g/mol. The van der Waals surface area contributed by atoms with Crippen molar-refractivity contribution in [3.05, 3.63) is 41.0 Å². The first-order chi connectivity index (χ1) is 11.2. The molecule has 0 aliphatic heterocycles. The molecule has 0 bridgehead atoms. The van der Waals surface area contributed by atoms with Gasteiger partial charge in [0, 0.05) is 23.5 Å². The molecule has 0 atom stereocenters. The van der Waals surface area contributed by atoms with Gasteiger partial charge in [-0.3, -0.25) is 0 Å². The van der Waals surface area contributed by atoms with E-state index in [1.165, 1.54) is 21.6 Å². The van der Waals surface area contributed by atoms with Crippen molar-refractivity contribution in [1.82, 2.24) is 9.97 Å². The van der Waals surface area contributed by atoms with Crippen LogP contribution in [0, 0.1) is 13.8 Å². The van der Waals surface area contributed by atoms with E-state index in [0.29, 0.717) is 6.54 Å². The molecule has 4 nitrogen and oxygen atoms in total. The van der Waals surface area contributed by atoms with Gasteiger partial charge in [0.25, 0.3) is 0 Å². The van der Waals surface area contributed by atoms with Crippen LogP contribution in [-0.4, -0.2) is 34.8 Å². The van der Waals surface area contributed by atoms with Gasteiger partial charge in [0.2, 0.25) is 0 Å². The molecule has 5 heteroatoms. The Morgan fingerprint density at radius 1 is 1.13 bits per heavy atom. The van der Waals surface area contributed by atoms with Gasteiger partial charge in [-0.15, -0.1) is 11.3 Å². The second-order valence-corrected chi connectivity index (χ2v) is 6.78. The maximum absolute atomic E-state index is 9.34. The second-order valence-electron chi connectivity index (χ2n) is 5.58. The van der Waals surface area contributed by atoms with E-state index in [9.17, 15) is 5.11 Å². The fraction of sp³-hybridized carbons (Fsp3) is 0.333. The van der Waals surface area contributed by atoms with E-state index >= 15 is 0 Å². The van der Waals surface area contributed by atoms with Crippen LogP contribution < -0.4 is 4.90 Å². The molecule has 0 unspecified atom stereocenters. The van der Waals surface area contributed by atoms with Crippen molar-refractivity contribution in [2.75, 3.05) is 24.6 Å². The lowest BCUT2D eigenvalue weighted by Crippen LogP contribution is -2.27. The molecule has 0 spiro atoms. The quantitative estimate of drug-likeness (QED) is 0.774. The molecule has 0 saturated heterocycles. The molecule has 3 aromatic rings. The number of aliphatic hydroxyl groups excluding tert-OH is 1. The lowest BCUT2D eigenvalue weighted by Gasteiger charge is -2.22. The van der Waals surface area contributed by atoms with Crippen LogP contribution in [0.2, 0.25) is 0 Å². The number of anilines is 1. The summed E-state index contributed by atoms with van der Waals surface area (Å²) in [7, 11) is 0. The smallest absolute Gasteiger partial charge is 0.141 e. The number of benzene rings is 1. The Labute approximate surface area is 140 Å². The van der Waals surface area contributed by atoms with Crippen LogP contribution in [0.3, 0.4) is 0 Å². The van der Waals surface area contributed by atoms with Crippen molar-refractivity contribution in [2.45, 2.75) is 20.8 Å². The van der Waals surface area contributed by atoms with Crippen molar-refractivity contribution in [3.63, 3.8) is 0 Å². The van der Waals surface area contributed by atoms with E-state index in [0.717, 1.165) is 22.6 Å². The number of hydrogen-bond acceptors (Lipinski definition) is 5. The summed E-state index contributed by atoms with van der Waals surface area (Å²) in [6, 6.07) is 8.58. The normalized spacial score (nSPS) is 11.1. The van der Waals surface area contributed by atoms with Gasteiger partial charge in [-0.1, -0.05) is 29.8 Å². The Hall–Kier alpha value is -1.98. The number of rotatable bonds is 5. The maximum Gasteiger partial charge on any atom is 0.141 e. The van der Waals surface area contributed by atoms with Crippen LogP contribution >= 0.6 is 11.3 Å². The van der Waals surface area contributed by atoms with Gasteiger partial charge in [-0.05, 0) is 26.3 Å². The predicted octanol–water partition coefficient (Wildman–Crippen LogP) is 3.79. The molecule has 120 valence electrons. The number of thiophene rings is 1. The number of aliphatic hydroxyl groups is 1. The summed E-state index contributed by atoms with van der Waals surface area (Å²) in [5.41, 5.74) is 3.64. The van der Waals surface area contributed by atoms with Gasteiger partial charge in [0.15, 0.2) is 0 Å². The molecule has 1 aromatic carbocycles. The Kier molecular flexibility index (Phi) is 4.59. The van der Waals surface area contributed by atoms with Gasteiger partial charge < -0.3 is 10.0 Å². The zero-order valence-corrected chi connectivity index (χ0v) is 14.5. The molecule has 0 aliphatic rings. The molecule has 1 N–H and O–H groups in total. The molecule has 3 rings (SSSR count). The second kappa shape index (κ2) is 6.64.